The zero-order valence-corrected chi connectivity index (χ0v) is 12.4. The Labute approximate surface area is 124 Å². The molecule has 2 rings (SSSR count). The first-order chi connectivity index (χ1) is 9.61. The summed E-state index contributed by atoms with van der Waals surface area (Å²) in [4.78, 5) is 12.3. The van der Waals surface area contributed by atoms with Crippen LogP contribution >= 0.6 is 11.6 Å². The van der Waals surface area contributed by atoms with E-state index in [1.165, 1.54) is 0 Å². The number of carbonyl (C=O) groups is 1. The van der Waals surface area contributed by atoms with Crippen LogP contribution in [0.2, 0.25) is 5.02 Å². The molecule has 0 spiro atoms. The topological polar surface area (TPSA) is 29.1 Å². The lowest BCUT2D eigenvalue weighted by atomic mass is 10.0. The molecule has 0 aliphatic carbocycles. The van der Waals surface area contributed by atoms with Gasteiger partial charge in [0.15, 0.2) is 0 Å². The number of aryl methyl sites for hydroxylation is 1. The summed E-state index contributed by atoms with van der Waals surface area (Å²) in [7, 11) is 0. The third-order valence-electron chi connectivity index (χ3n) is 3.35. The summed E-state index contributed by atoms with van der Waals surface area (Å²) < 4.78 is 0. The van der Waals surface area contributed by atoms with E-state index in [1.54, 1.807) is 0 Å². The van der Waals surface area contributed by atoms with Crippen molar-refractivity contribution in [3.63, 3.8) is 0 Å². The van der Waals surface area contributed by atoms with Gasteiger partial charge in [0.1, 0.15) is 0 Å². The first-order valence-corrected chi connectivity index (χ1v) is 7.11. The first-order valence-electron chi connectivity index (χ1n) is 6.73. The molecule has 1 atom stereocenters. The monoisotopic (exact) mass is 287 g/mol. The predicted molar refractivity (Wildman–Crippen MR) is 83.1 cm³/mol. The van der Waals surface area contributed by atoms with Crippen LogP contribution < -0.4 is 5.32 Å². The molecule has 2 aromatic carbocycles. The normalized spacial score (nSPS) is 11.9. The molecule has 0 saturated heterocycles. The Morgan fingerprint density at radius 2 is 1.95 bits per heavy atom. The maximum absolute atomic E-state index is 12.3. The van der Waals surface area contributed by atoms with Gasteiger partial charge in [0.05, 0.1) is 6.04 Å². The lowest BCUT2D eigenvalue weighted by Crippen LogP contribution is -2.28. The first kappa shape index (κ1) is 14.6. The van der Waals surface area contributed by atoms with Crippen molar-refractivity contribution in [2.45, 2.75) is 26.3 Å². The molecule has 0 aliphatic rings. The largest absolute Gasteiger partial charge is 0.345 e. The molecule has 2 nitrogen and oxygen atoms in total. The third kappa shape index (κ3) is 3.40. The minimum absolute atomic E-state index is 0.0270. The van der Waals surface area contributed by atoms with Gasteiger partial charge in [-0.1, -0.05) is 48.9 Å². The number of nitrogens with one attached hydrogen (secondary N) is 1. The van der Waals surface area contributed by atoms with Gasteiger partial charge >= 0.3 is 0 Å². The highest BCUT2D eigenvalue weighted by Crippen LogP contribution is 2.21. The Balaban J connectivity index is 2.19. The Hall–Kier alpha value is -1.80. The maximum atomic E-state index is 12.3. The minimum atomic E-state index is -0.0464. The molecule has 104 valence electrons. The fraction of sp³-hybridized carbons (Fsp3) is 0.235. The van der Waals surface area contributed by atoms with E-state index in [4.69, 9.17) is 11.6 Å². The van der Waals surface area contributed by atoms with Crippen LogP contribution in [-0.2, 0) is 0 Å². The second-order valence-corrected chi connectivity index (χ2v) is 5.24. The van der Waals surface area contributed by atoms with Gasteiger partial charge in [-0.05, 0) is 42.7 Å². The van der Waals surface area contributed by atoms with Crippen LogP contribution in [0.1, 0.15) is 40.9 Å². The van der Waals surface area contributed by atoms with Crippen molar-refractivity contribution < 1.29 is 4.79 Å². The highest BCUT2D eigenvalue weighted by molar-refractivity contribution is 6.30. The van der Waals surface area contributed by atoms with Gasteiger partial charge in [-0.2, -0.15) is 0 Å². The van der Waals surface area contributed by atoms with E-state index < -0.39 is 0 Å². The summed E-state index contributed by atoms with van der Waals surface area (Å²) in [6.45, 7) is 3.99. The van der Waals surface area contributed by atoms with Crippen LogP contribution in [0, 0.1) is 6.92 Å². The molecule has 1 N–H and O–H groups in total. The molecular weight excluding hydrogens is 270 g/mol. The summed E-state index contributed by atoms with van der Waals surface area (Å²) in [5.41, 5.74) is 2.72. The highest BCUT2D eigenvalue weighted by Gasteiger charge is 2.15. The lowest BCUT2D eigenvalue weighted by molar-refractivity contribution is 0.0935. The Kier molecular flexibility index (Phi) is 4.80. The van der Waals surface area contributed by atoms with Crippen LogP contribution in [0.15, 0.2) is 48.5 Å². The molecule has 0 aromatic heterocycles. The van der Waals surface area contributed by atoms with Crippen LogP contribution in [0.5, 0.6) is 0 Å². The van der Waals surface area contributed by atoms with Crippen molar-refractivity contribution in [2.75, 3.05) is 0 Å². The van der Waals surface area contributed by atoms with E-state index in [9.17, 15) is 4.79 Å². The van der Waals surface area contributed by atoms with Crippen LogP contribution in [-0.4, -0.2) is 5.91 Å². The summed E-state index contributed by atoms with van der Waals surface area (Å²) in [5, 5.41) is 3.76. The molecule has 0 radical (unpaired) electrons. The van der Waals surface area contributed by atoms with Gasteiger partial charge in [0, 0.05) is 10.6 Å². The van der Waals surface area contributed by atoms with E-state index in [0.29, 0.717) is 10.6 Å². The molecule has 0 fully saturated rings. The number of rotatable bonds is 4. The summed E-state index contributed by atoms with van der Waals surface area (Å²) in [6, 6.07) is 15.2. The zero-order valence-electron chi connectivity index (χ0n) is 11.7. The molecule has 20 heavy (non-hydrogen) atoms. The van der Waals surface area contributed by atoms with E-state index >= 15 is 0 Å². The number of hydrogen-bond donors (Lipinski definition) is 1. The third-order valence-corrected chi connectivity index (χ3v) is 3.59. The molecule has 3 heteroatoms. The van der Waals surface area contributed by atoms with Crippen molar-refractivity contribution in [1.82, 2.24) is 5.32 Å². The number of halogens is 1. The smallest absolute Gasteiger partial charge is 0.252 e. The number of hydrogen-bond acceptors (Lipinski definition) is 1. The average molecular weight is 288 g/mol. The van der Waals surface area contributed by atoms with Crippen LogP contribution in [0.4, 0.5) is 0 Å². The van der Waals surface area contributed by atoms with Crippen molar-refractivity contribution in [2.24, 2.45) is 0 Å². The standard InChI is InChI=1S/C17H18ClNO/c1-3-16(13-8-6-9-14(18)11-13)19-17(20)15-10-5-4-7-12(15)2/h4-11,16H,3H2,1-2H3,(H,19,20). The van der Waals surface area contributed by atoms with E-state index in [-0.39, 0.29) is 11.9 Å². The van der Waals surface area contributed by atoms with E-state index in [1.807, 2.05) is 62.4 Å². The van der Waals surface area contributed by atoms with Crippen molar-refractivity contribution in [3.8, 4) is 0 Å². The fourth-order valence-electron chi connectivity index (χ4n) is 2.21. The van der Waals surface area contributed by atoms with Gasteiger partial charge < -0.3 is 5.32 Å². The van der Waals surface area contributed by atoms with Gasteiger partial charge in [0.2, 0.25) is 0 Å². The van der Waals surface area contributed by atoms with Crippen molar-refractivity contribution >= 4 is 17.5 Å². The Bertz CT molecular complexity index is 609. The van der Waals surface area contributed by atoms with Crippen LogP contribution in [0.3, 0.4) is 0 Å². The maximum Gasteiger partial charge on any atom is 0.252 e. The van der Waals surface area contributed by atoms with Crippen molar-refractivity contribution in [3.05, 3.63) is 70.2 Å². The second kappa shape index (κ2) is 6.58. The predicted octanol–water partition coefficient (Wildman–Crippen LogP) is 4.53. The van der Waals surface area contributed by atoms with Gasteiger partial charge in [-0.25, -0.2) is 0 Å². The summed E-state index contributed by atoms with van der Waals surface area (Å²) >= 11 is 6.01. The Morgan fingerprint density at radius 3 is 2.60 bits per heavy atom. The molecule has 1 amide bonds. The molecule has 2 aromatic rings. The van der Waals surface area contributed by atoms with Crippen LogP contribution in [0.25, 0.3) is 0 Å². The van der Waals surface area contributed by atoms with Crippen molar-refractivity contribution in [1.29, 1.82) is 0 Å². The number of benzene rings is 2. The summed E-state index contributed by atoms with van der Waals surface area (Å²) in [6.07, 6.45) is 0.817. The SMILES string of the molecule is CCC(NC(=O)c1ccccc1C)c1cccc(Cl)c1. The van der Waals surface area contributed by atoms with Gasteiger partial charge in [-0.15, -0.1) is 0 Å². The molecule has 0 aliphatic heterocycles. The van der Waals surface area contributed by atoms with E-state index in [2.05, 4.69) is 5.32 Å². The number of amides is 1. The minimum Gasteiger partial charge on any atom is -0.345 e. The molecule has 0 saturated carbocycles. The quantitative estimate of drug-likeness (QED) is 0.879. The van der Waals surface area contributed by atoms with Gasteiger partial charge in [-0.3, -0.25) is 4.79 Å². The average Bonchev–Trinajstić information content (AvgIpc) is 2.45. The van der Waals surface area contributed by atoms with Gasteiger partial charge in [0.25, 0.3) is 5.91 Å². The zero-order chi connectivity index (χ0) is 14.5. The summed E-state index contributed by atoms with van der Waals surface area (Å²) in [5.74, 6) is -0.0464. The molecular formula is C17H18ClNO. The number of carbonyl (C=O) groups excluding carboxylic acids is 1. The second-order valence-electron chi connectivity index (χ2n) is 4.80. The molecule has 0 bridgehead atoms. The lowest BCUT2D eigenvalue weighted by Gasteiger charge is -2.18. The molecule has 1 unspecified atom stereocenters. The fourth-order valence-corrected chi connectivity index (χ4v) is 2.41. The highest BCUT2D eigenvalue weighted by atomic mass is 35.5. The molecule has 0 heterocycles. The van der Waals surface area contributed by atoms with E-state index in [0.717, 1.165) is 17.5 Å². The Morgan fingerprint density at radius 1 is 1.20 bits per heavy atom.